The van der Waals surface area contributed by atoms with Gasteiger partial charge in [-0.25, -0.2) is 0 Å². The van der Waals surface area contributed by atoms with E-state index in [0.29, 0.717) is 13.4 Å². The molecule has 68 valence electrons. The van der Waals surface area contributed by atoms with Crippen LogP contribution in [0.1, 0.15) is 0 Å². The van der Waals surface area contributed by atoms with E-state index in [2.05, 4.69) is 63.7 Å². The minimum absolute atomic E-state index is 0.497. The van der Waals surface area contributed by atoms with Crippen molar-refractivity contribution in [2.24, 2.45) is 0 Å². The van der Waals surface area contributed by atoms with Crippen molar-refractivity contribution in [3.05, 3.63) is 19.5 Å². The third kappa shape index (κ3) is 2.04. The van der Waals surface area contributed by atoms with Crippen molar-refractivity contribution in [2.45, 2.75) is 10.6 Å². The summed E-state index contributed by atoms with van der Waals surface area (Å²) in [5, 5.41) is 19.1. The van der Waals surface area contributed by atoms with Gasteiger partial charge in [0.25, 0.3) is 0 Å². The molecular weight excluding hydrogens is 424 g/mol. The molecule has 6 heteroatoms. The second-order valence-corrected chi connectivity index (χ2v) is 6.06. The van der Waals surface area contributed by atoms with E-state index in [1.165, 1.54) is 6.08 Å². The Morgan fingerprint density at radius 1 is 1.33 bits per heavy atom. The number of halogens is 4. The largest absolute Gasteiger partial charge is 0.383 e. The summed E-state index contributed by atoms with van der Waals surface area (Å²) in [5.74, 6) is 0. The molecule has 2 N–H and O–H groups in total. The number of rotatable bonds is 0. The number of aliphatic hydroxyl groups is 2. The van der Waals surface area contributed by atoms with Crippen molar-refractivity contribution in [3.63, 3.8) is 0 Å². The van der Waals surface area contributed by atoms with E-state index in [1.54, 1.807) is 0 Å². The molecule has 1 aliphatic carbocycles. The lowest BCUT2D eigenvalue weighted by Crippen LogP contribution is -2.36. The molecule has 0 amide bonds. The molecule has 2 nitrogen and oxygen atoms in total. The van der Waals surface area contributed by atoms with Crippen LogP contribution in [0.2, 0.25) is 0 Å². The van der Waals surface area contributed by atoms with Crippen LogP contribution in [0.4, 0.5) is 0 Å². The molecule has 0 fully saturated rings. The molecular formula is C6H4Br4O2. The Balaban J connectivity index is 3.15. The van der Waals surface area contributed by atoms with Gasteiger partial charge in [-0.3, -0.25) is 0 Å². The normalized spacial score (nSPS) is 36.8. The summed E-state index contributed by atoms with van der Waals surface area (Å²) in [5.41, 5.74) is 0. The third-order valence-electron chi connectivity index (χ3n) is 1.37. The van der Waals surface area contributed by atoms with Crippen molar-refractivity contribution in [2.75, 3.05) is 0 Å². The van der Waals surface area contributed by atoms with Gasteiger partial charge < -0.3 is 10.2 Å². The maximum atomic E-state index is 9.58. The van der Waals surface area contributed by atoms with Crippen molar-refractivity contribution in [1.82, 2.24) is 0 Å². The lowest BCUT2D eigenvalue weighted by Gasteiger charge is -2.28. The Labute approximate surface area is 103 Å². The number of hydrogen-bond acceptors (Lipinski definition) is 2. The van der Waals surface area contributed by atoms with Gasteiger partial charge in [-0.15, -0.1) is 0 Å². The molecule has 0 aromatic rings. The average molecular weight is 428 g/mol. The number of allylic oxidation sites excluding steroid dienone is 2. The molecule has 0 aliphatic heterocycles. The summed E-state index contributed by atoms with van der Waals surface area (Å²) < 4.78 is 0.455. The highest BCUT2D eigenvalue weighted by molar-refractivity contribution is 9.16. The summed E-state index contributed by atoms with van der Waals surface area (Å²) in [6.45, 7) is 0. The summed E-state index contributed by atoms with van der Waals surface area (Å²) >= 11 is 12.6. The maximum absolute atomic E-state index is 9.58. The fourth-order valence-corrected chi connectivity index (χ4v) is 3.53. The second kappa shape index (κ2) is 3.82. The van der Waals surface area contributed by atoms with Crippen LogP contribution in [-0.2, 0) is 0 Å². The zero-order valence-corrected chi connectivity index (χ0v) is 11.9. The van der Waals surface area contributed by atoms with E-state index in [0.717, 1.165) is 0 Å². The molecule has 0 aromatic heterocycles. The van der Waals surface area contributed by atoms with Crippen molar-refractivity contribution < 1.29 is 10.2 Å². The van der Waals surface area contributed by atoms with Gasteiger partial charge in [0.05, 0.1) is 0 Å². The van der Waals surface area contributed by atoms with Gasteiger partial charge in [0.1, 0.15) is 6.10 Å². The number of alkyl halides is 1. The molecule has 0 heterocycles. The van der Waals surface area contributed by atoms with Crippen molar-refractivity contribution >= 4 is 63.7 Å². The van der Waals surface area contributed by atoms with Crippen LogP contribution >= 0.6 is 63.7 Å². The Bertz CT molecular complexity index is 269. The van der Waals surface area contributed by atoms with Gasteiger partial charge in [-0.1, -0.05) is 15.9 Å². The Morgan fingerprint density at radius 3 is 2.33 bits per heavy atom. The van der Waals surface area contributed by atoms with Crippen LogP contribution in [-0.4, -0.2) is 20.8 Å². The second-order valence-electron chi connectivity index (χ2n) is 2.28. The van der Waals surface area contributed by atoms with E-state index in [4.69, 9.17) is 0 Å². The highest BCUT2D eigenvalue weighted by atomic mass is 79.9. The summed E-state index contributed by atoms with van der Waals surface area (Å²) in [6, 6.07) is 0. The lowest BCUT2D eigenvalue weighted by atomic mass is 10.1. The van der Waals surface area contributed by atoms with E-state index < -0.39 is 10.6 Å². The fourth-order valence-electron chi connectivity index (χ4n) is 0.732. The molecule has 12 heavy (non-hydrogen) atoms. The van der Waals surface area contributed by atoms with Crippen LogP contribution in [0.15, 0.2) is 19.5 Å². The van der Waals surface area contributed by atoms with E-state index in [-0.39, 0.29) is 0 Å². The molecule has 0 spiro atoms. The van der Waals surface area contributed by atoms with Gasteiger partial charge in [0.15, 0.2) is 4.51 Å². The summed E-state index contributed by atoms with van der Waals surface area (Å²) in [7, 11) is 0. The molecule has 0 bridgehead atoms. The third-order valence-corrected chi connectivity index (χ3v) is 5.41. The van der Waals surface area contributed by atoms with Gasteiger partial charge in [0, 0.05) is 13.4 Å². The van der Waals surface area contributed by atoms with E-state index >= 15 is 0 Å². The lowest BCUT2D eigenvalue weighted by molar-refractivity contribution is 0.0570. The van der Waals surface area contributed by atoms with Crippen LogP contribution in [0.25, 0.3) is 0 Å². The summed E-state index contributed by atoms with van der Waals surface area (Å²) in [6.07, 6.45) is 0.458. The Hall–Kier alpha value is 1.32. The van der Waals surface area contributed by atoms with Crippen LogP contribution in [0.3, 0.4) is 0 Å². The Morgan fingerprint density at radius 2 is 1.83 bits per heavy atom. The standard InChI is InChI=1S/C6H4Br4O2/c7-2-1-6(10,12)5(11)4(9)3(2)8/h1,5,11-12H. The molecule has 1 aliphatic rings. The van der Waals surface area contributed by atoms with E-state index in [1.807, 2.05) is 0 Å². The van der Waals surface area contributed by atoms with Crippen molar-refractivity contribution in [1.29, 1.82) is 0 Å². The first-order valence-electron chi connectivity index (χ1n) is 2.89. The minimum atomic E-state index is -1.41. The number of hydrogen-bond donors (Lipinski definition) is 2. The molecule has 0 aromatic carbocycles. The minimum Gasteiger partial charge on any atom is -0.383 e. The van der Waals surface area contributed by atoms with Crippen LogP contribution in [0, 0.1) is 0 Å². The molecule has 2 unspecified atom stereocenters. The topological polar surface area (TPSA) is 40.5 Å². The van der Waals surface area contributed by atoms with Gasteiger partial charge in [-0.05, 0) is 53.9 Å². The average Bonchev–Trinajstić information content (AvgIpc) is 1.97. The maximum Gasteiger partial charge on any atom is 0.170 e. The first kappa shape index (κ1) is 11.4. The van der Waals surface area contributed by atoms with Crippen LogP contribution < -0.4 is 0 Å². The first-order valence-corrected chi connectivity index (χ1v) is 6.06. The quantitative estimate of drug-likeness (QED) is 0.584. The van der Waals surface area contributed by atoms with Crippen molar-refractivity contribution in [3.8, 4) is 0 Å². The monoisotopic (exact) mass is 424 g/mol. The molecule has 0 saturated carbocycles. The predicted octanol–water partition coefficient (Wildman–Crippen LogP) is 2.72. The number of aliphatic hydroxyl groups excluding tert-OH is 1. The molecule has 0 saturated heterocycles. The highest BCUT2D eigenvalue weighted by Gasteiger charge is 2.37. The SMILES string of the molecule is OC1C(Br)=C(Br)C(Br)=CC1(O)Br. The van der Waals surface area contributed by atoms with Gasteiger partial charge >= 0.3 is 0 Å². The molecule has 0 radical (unpaired) electrons. The zero-order valence-electron chi connectivity index (χ0n) is 5.56. The van der Waals surface area contributed by atoms with E-state index in [9.17, 15) is 10.2 Å². The Kier molecular flexibility index (Phi) is 3.63. The summed E-state index contributed by atoms with van der Waals surface area (Å²) in [4.78, 5) is 0. The smallest absolute Gasteiger partial charge is 0.170 e. The van der Waals surface area contributed by atoms with Gasteiger partial charge in [0.2, 0.25) is 0 Å². The predicted molar refractivity (Wildman–Crippen MR) is 61.8 cm³/mol. The molecule has 2 atom stereocenters. The van der Waals surface area contributed by atoms with Crippen LogP contribution in [0.5, 0.6) is 0 Å². The van der Waals surface area contributed by atoms with Gasteiger partial charge in [-0.2, -0.15) is 0 Å². The fraction of sp³-hybridized carbons (Fsp3) is 0.333. The highest BCUT2D eigenvalue weighted by Crippen LogP contribution is 2.42. The molecule has 1 rings (SSSR count). The zero-order chi connectivity index (χ0) is 9.52. The first-order chi connectivity index (χ1) is 5.36.